The lowest BCUT2D eigenvalue weighted by atomic mass is 10.0. The fraction of sp³-hybridized carbons (Fsp3) is 0.143. The van der Waals surface area contributed by atoms with E-state index in [4.69, 9.17) is 0 Å². The predicted molar refractivity (Wildman–Crippen MR) is 97.9 cm³/mol. The molecular formula is C21H16F3NO2. The van der Waals surface area contributed by atoms with Gasteiger partial charge in [-0.1, -0.05) is 54.6 Å². The summed E-state index contributed by atoms with van der Waals surface area (Å²) in [6.45, 7) is 0. The quantitative estimate of drug-likeness (QED) is 0.651. The van der Waals surface area contributed by atoms with Crippen molar-refractivity contribution in [2.24, 2.45) is 4.99 Å². The topological polar surface area (TPSA) is 38.7 Å². The van der Waals surface area contributed by atoms with Crippen LogP contribution in [0.5, 0.6) is 5.75 Å². The number of aliphatic imine (C=N–C) groups is 1. The summed E-state index contributed by atoms with van der Waals surface area (Å²) in [7, 11) is 0. The number of alkyl halides is 3. The molecule has 27 heavy (non-hydrogen) atoms. The molecule has 0 fully saturated rings. The van der Waals surface area contributed by atoms with Crippen LogP contribution in [0.2, 0.25) is 0 Å². The maximum Gasteiger partial charge on any atom is 0.573 e. The van der Waals surface area contributed by atoms with Crippen LogP contribution in [0, 0.1) is 0 Å². The molecule has 0 amide bonds. The van der Waals surface area contributed by atoms with Gasteiger partial charge in [-0.15, -0.1) is 13.2 Å². The number of ketones is 1. The molecule has 3 rings (SSSR count). The van der Waals surface area contributed by atoms with E-state index in [-0.39, 0.29) is 12.0 Å². The average Bonchev–Trinajstić information content (AvgIpc) is 3.07. The third kappa shape index (κ3) is 5.41. The number of ether oxygens (including phenoxy) is 1. The molecule has 3 nitrogen and oxygen atoms in total. The van der Waals surface area contributed by atoms with Crippen molar-refractivity contribution >= 4 is 17.6 Å². The number of Topliss-reactive ketones (excluding diaryl/α,β-unsaturated/α-hetero) is 1. The minimum Gasteiger partial charge on any atom is -0.405 e. The molecule has 2 aromatic rings. The van der Waals surface area contributed by atoms with Crippen LogP contribution in [0.4, 0.5) is 13.2 Å². The molecule has 0 radical (unpaired) electrons. The molecule has 0 aromatic heterocycles. The Bertz CT molecular complexity index is 899. The van der Waals surface area contributed by atoms with E-state index in [1.807, 2.05) is 42.5 Å². The fourth-order valence-corrected chi connectivity index (χ4v) is 2.66. The van der Waals surface area contributed by atoms with Gasteiger partial charge in [0, 0.05) is 6.42 Å². The summed E-state index contributed by atoms with van der Waals surface area (Å²) in [6.07, 6.45) is 2.40. The molecule has 1 aliphatic heterocycles. The van der Waals surface area contributed by atoms with Gasteiger partial charge in [0.15, 0.2) is 5.78 Å². The van der Waals surface area contributed by atoms with Gasteiger partial charge >= 0.3 is 6.36 Å². The standard InChI is InChI=1S/C21H16F3NO2/c22-21(23,24)27-20-9-5-4-8-18(20)19(26)14-17-13-12-16(25-17)11-10-15-6-2-1-3-7-15/h1-13,17H,14H2/b11-10+. The Morgan fingerprint density at radius 2 is 1.74 bits per heavy atom. The molecule has 1 unspecified atom stereocenters. The molecule has 0 saturated heterocycles. The van der Waals surface area contributed by atoms with Crippen molar-refractivity contribution < 1.29 is 22.7 Å². The van der Waals surface area contributed by atoms with Crippen LogP contribution in [0.3, 0.4) is 0 Å². The molecule has 1 aliphatic rings. The largest absolute Gasteiger partial charge is 0.573 e. The van der Waals surface area contributed by atoms with Crippen LogP contribution in [-0.4, -0.2) is 23.9 Å². The zero-order chi connectivity index (χ0) is 19.3. The van der Waals surface area contributed by atoms with Gasteiger partial charge in [-0.3, -0.25) is 9.79 Å². The second-order valence-corrected chi connectivity index (χ2v) is 5.90. The molecule has 0 bridgehead atoms. The Hall–Kier alpha value is -3.15. The van der Waals surface area contributed by atoms with Crippen LogP contribution in [0.15, 0.2) is 77.8 Å². The number of hydrogen-bond donors (Lipinski definition) is 0. The molecule has 1 atom stereocenters. The molecule has 0 spiro atoms. The number of benzene rings is 2. The van der Waals surface area contributed by atoms with Gasteiger partial charge < -0.3 is 4.74 Å². The fourth-order valence-electron chi connectivity index (χ4n) is 2.66. The Morgan fingerprint density at radius 3 is 2.48 bits per heavy atom. The highest BCUT2D eigenvalue weighted by Gasteiger charge is 2.33. The molecule has 1 heterocycles. The van der Waals surface area contributed by atoms with Crippen molar-refractivity contribution in [3.8, 4) is 5.75 Å². The molecule has 2 aromatic carbocycles. The number of carbonyl (C=O) groups is 1. The lowest BCUT2D eigenvalue weighted by Gasteiger charge is -2.13. The van der Waals surface area contributed by atoms with E-state index in [0.29, 0.717) is 5.71 Å². The first-order valence-electron chi connectivity index (χ1n) is 8.28. The number of nitrogens with zero attached hydrogens (tertiary/aromatic N) is 1. The first kappa shape index (κ1) is 18.6. The van der Waals surface area contributed by atoms with Gasteiger partial charge in [0.25, 0.3) is 0 Å². The molecule has 138 valence electrons. The predicted octanol–water partition coefficient (Wildman–Crippen LogP) is 5.25. The first-order valence-corrected chi connectivity index (χ1v) is 8.28. The van der Waals surface area contributed by atoms with E-state index >= 15 is 0 Å². The van der Waals surface area contributed by atoms with Gasteiger partial charge in [-0.25, -0.2) is 0 Å². The molecule has 0 aliphatic carbocycles. The maximum absolute atomic E-state index is 12.5. The molecule has 0 N–H and O–H groups in total. The summed E-state index contributed by atoms with van der Waals surface area (Å²) in [5.74, 6) is -0.952. The van der Waals surface area contributed by atoms with Crippen LogP contribution in [0.1, 0.15) is 22.3 Å². The first-order chi connectivity index (χ1) is 12.9. The van der Waals surface area contributed by atoms with Gasteiger partial charge in [-0.2, -0.15) is 0 Å². The normalized spacial score (nSPS) is 16.6. The van der Waals surface area contributed by atoms with Crippen LogP contribution < -0.4 is 4.74 Å². The Labute approximate surface area is 154 Å². The van der Waals surface area contributed by atoms with E-state index in [2.05, 4.69) is 9.73 Å². The van der Waals surface area contributed by atoms with E-state index in [0.717, 1.165) is 11.6 Å². The maximum atomic E-state index is 12.5. The number of rotatable bonds is 6. The lowest BCUT2D eigenvalue weighted by molar-refractivity contribution is -0.274. The molecule has 0 saturated carbocycles. The van der Waals surface area contributed by atoms with Crippen LogP contribution >= 0.6 is 0 Å². The van der Waals surface area contributed by atoms with Crippen molar-refractivity contribution in [3.63, 3.8) is 0 Å². The number of carbonyl (C=O) groups excluding carboxylic acids is 1. The van der Waals surface area contributed by atoms with Gasteiger partial charge in [0.1, 0.15) is 5.75 Å². The van der Waals surface area contributed by atoms with Crippen molar-refractivity contribution in [1.82, 2.24) is 0 Å². The van der Waals surface area contributed by atoms with Crippen molar-refractivity contribution in [2.45, 2.75) is 18.8 Å². The van der Waals surface area contributed by atoms with E-state index in [1.165, 1.54) is 18.2 Å². The Kier molecular flexibility index (Phi) is 5.54. The number of allylic oxidation sites excluding steroid dienone is 2. The zero-order valence-electron chi connectivity index (χ0n) is 14.2. The highest BCUT2D eigenvalue weighted by molar-refractivity contribution is 6.08. The number of para-hydroxylation sites is 1. The zero-order valence-corrected chi connectivity index (χ0v) is 14.2. The number of hydrogen-bond acceptors (Lipinski definition) is 3. The summed E-state index contributed by atoms with van der Waals surface area (Å²) in [5, 5.41) is 0. The summed E-state index contributed by atoms with van der Waals surface area (Å²) < 4.78 is 41.4. The summed E-state index contributed by atoms with van der Waals surface area (Å²) in [4.78, 5) is 16.8. The van der Waals surface area contributed by atoms with E-state index < -0.39 is 23.9 Å². The van der Waals surface area contributed by atoms with Gasteiger partial charge in [0.2, 0.25) is 0 Å². The van der Waals surface area contributed by atoms with Gasteiger partial charge in [0.05, 0.1) is 17.3 Å². The Balaban J connectivity index is 1.67. The van der Waals surface area contributed by atoms with Crippen LogP contribution in [-0.2, 0) is 0 Å². The summed E-state index contributed by atoms with van der Waals surface area (Å²) in [5.41, 5.74) is 1.62. The van der Waals surface area contributed by atoms with Crippen molar-refractivity contribution in [2.75, 3.05) is 0 Å². The third-order valence-electron chi connectivity index (χ3n) is 3.86. The monoisotopic (exact) mass is 371 g/mol. The molecule has 6 heteroatoms. The SMILES string of the molecule is O=C(CC1C=CC(/C=C/c2ccccc2)=N1)c1ccccc1OC(F)(F)F. The highest BCUT2D eigenvalue weighted by atomic mass is 19.4. The lowest BCUT2D eigenvalue weighted by Crippen LogP contribution is -2.19. The number of halogens is 3. The minimum atomic E-state index is -4.85. The summed E-state index contributed by atoms with van der Waals surface area (Å²) in [6, 6.07) is 14.6. The second-order valence-electron chi connectivity index (χ2n) is 5.90. The minimum absolute atomic E-state index is 0.0303. The van der Waals surface area contributed by atoms with Gasteiger partial charge in [-0.05, 0) is 29.8 Å². The Morgan fingerprint density at radius 1 is 1.04 bits per heavy atom. The van der Waals surface area contributed by atoms with E-state index in [1.54, 1.807) is 12.2 Å². The highest BCUT2D eigenvalue weighted by Crippen LogP contribution is 2.28. The van der Waals surface area contributed by atoms with Crippen molar-refractivity contribution in [1.29, 1.82) is 0 Å². The van der Waals surface area contributed by atoms with E-state index in [9.17, 15) is 18.0 Å². The average molecular weight is 371 g/mol. The second kappa shape index (κ2) is 8.03. The van der Waals surface area contributed by atoms with Crippen molar-refractivity contribution in [3.05, 3.63) is 84.0 Å². The summed E-state index contributed by atoms with van der Waals surface area (Å²) >= 11 is 0. The third-order valence-corrected chi connectivity index (χ3v) is 3.86. The van der Waals surface area contributed by atoms with Crippen LogP contribution in [0.25, 0.3) is 6.08 Å². The molecular weight excluding hydrogens is 355 g/mol. The smallest absolute Gasteiger partial charge is 0.405 e.